The van der Waals surface area contributed by atoms with Crippen LogP contribution < -0.4 is 5.73 Å². The fourth-order valence-electron chi connectivity index (χ4n) is 1.29. The summed E-state index contributed by atoms with van der Waals surface area (Å²) in [6, 6.07) is 0.369. The molecule has 0 saturated heterocycles. The third kappa shape index (κ3) is 1.85. The van der Waals surface area contributed by atoms with Gasteiger partial charge in [0.25, 0.3) is 0 Å². The molecule has 68 valence electrons. The van der Waals surface area contributed by atoms with Crippen LogP contribution in [-0.2, 0) is 6.42 Å². The summed E-state index contributed by atoms with van der Waals surface area (Å²) in [6.07, 6.45) is 6.03. The summed E-state index contributed by atoms with van der Waals surface area (Å²) in [5.41, 5.74) is 6.87. The number of aromatic nitrogens is 2. The van der Waals surface area contributed by atoms with Gasteiger partial charge in [-0.2, -0.15) is 0 Å². The van der Waals surface area contributed by atoms with E-state index in [-0.39, 0.29) is 0 Å². The lowest BCUT2D eigenvalue weighted by Crippen LogP contribution is -2.17. The monoisotopic (exact) mass is 167 g/mol. The van der Waals surface area contributed by atoms with Crippen molar-refractivity contribution in [3.8, 4) is 0 Å². The normalized spacial score (nSPS) is 13.2. The maximum absolute atomic E-state index is 5.58. The first kappa shape index (κ1) is 9.26. The number of hydrogen-bond donors (Lipinski definition) is 1. The molecular formula is C9H17N3. The van der Waals surface area contributed by atoms with Crippen LogP contribution in [0.2, 0.25) is 0 Å². The summed E-state index contributed by atoms with van der Waals surface area (Å²) in [5.74, 6) is 0. The van der Waals surface area contributed by atoms with E-state index in [1.165, 1.54) is 5.69 Å². The fraction of sp³-hybridized carbons (Fsp3) is 0.667. The molecule has 0 saturated carbocycles. The molecule has 0 aliphatic heterocycles. The quantitative estimate of drug-likeness (QED) is 0.735. The molecule has 0 amide bonds. The van der Waals surface area contributed by atoms with Crippen molar-refractivity contribution >= 4 is 0 Å². The Kier molecular flexibility index (Phi) is 3.29. The van der Waals surface area contributed by atoms with Crippen LogP contribution in [0, 0.1) is 0 Å². The van der Waals surface area contributed by atoms with Gasteiger partial charge in [0.2, 0.25) is 0 Å². The van der Waals surface area contributed by atoms with Crippen molar-refractivity contribution in [2.75, 3.05) is 6.54 Å². The van der Waals surface area contributed by atoms with Crippen molar-refractivity contribution in [1.29, 1.82) is 0 Å². The van der Waals surface area contributed by atoms with Crippen LogP contribution >= 0.6 is 0 Å². The largest absolute Gasteiger partial charge is 0.331 e. The molecular weight excluding hydrogens is 150 g/mol. The second-order valence-electron chi connectivity index (χ2n) is 3.13. The number of nitrogens with zero attached hydrogens (tertiary/aromatic N) is 2. The smallest absolute Gasteiger partial charge is 0.0951 e. The van der Waals surface area contributed by atoms with Crippen LogP contribution in [0.3, 0.4) is 0 Å². The van der Waals surface area contributed by atoms with E-state index in [2.05, 4.69) is 23.4 Å². The minimum atomic E-state index is 0.369. The highest BCUT2D eigenvalue weighted by molar-refractivity contribution is 5.00. The Labute approximate surface area is 73.6 Å². The third-order valence-corrected chi connectivity index (χ3v) is 2.07. The van der Waals surface area contributed by atoms with Gasteiger partial charge in [-0.25, -0.2) is 4.98 Å². The average molecular weight is 167 g/mol. The van der Waals surface area contributed by atoms with Crippen LogP contribution in [0.4, 0.5) is 0 Å². The lowest BCUT2D eigenvalue weighted by Gasteiger charge is -2.13. The van der Waals surface area contributed by atoms with E-state index in [0.717, 1.165) is 12.8 Å². The molecule has 0 aliphatic carbocycles. The molecule has 1 heterocycles. The summed E-state index contributed by atoms with van der Waals surface area (Å²) in [4.78, 5) is 4.12. The molecule has 1 aromatic rings. The van der Waals surface area contributed by atoms with Crippen LogP contribution in [-0.4, -0.2) is 16.1 Å². The minimum absolute atomic E-state index is 0.369. The Bertz CT molecular complexity index is 229. The predicted octanol–water partition coefficient (Wildman–Crippen LogP) is 1.36. The minimum Gasteiger partial charge on any atom is -0.331 e. The number of imidazole rings is 1. The predicted molar refractivity (Wildman–Crippen MR) is 50.0 cm³/mol. The van der Waals surface area contributed by atoms with E-state index in [1.54, 1.807) is 0 Å². The van der Waals surface area contributed by atoms with Crippen molar-refractivity contribution in [3.63, 3.8) is 0 Å². The van der Waals surface area contributed by atoms with Gasteiger partial charge in [-0.05, 0) is 13.3 Å². The number of aryl methyl sites for hydroxylation is 1. The average Bonchev–Trinajstić information content (AvgIpc) is 2.52. The van der Waals surface area contributed by atoms with E-state index in [0.29, 0.717) is 12.6 Å². The first-order valence-corrected chi connectivity index (χ1v) is 4.50. The van der Waals surface area contributed by atoms with Crippen LogP contribution in [0.25, 0.3) is 0 Å². The molecule has 0 spiro atoms. The van der Waals surface area contributed by atoms with E-state index >= 15 is 0 Å². The first-order chi connectivity index (χ1) is 5.79. The maximum Gasteiger partial charge on any atom is 0.0951 e. The van der Waals surface area contributed by atoms with Gasteiger partial charge in [0.1, 0.15) is 0 Å². The summed E-state index contributed by atoms with van der Waals surface area (Å²) in [5, 5.41) is 0. The number of nitrogens with two attached hydrogens (primary N) is 1. The van der Waals surface area contributed by atoms with Gasteiger partial charge in [-0.1, -0.05) is 13.3 Å². The van der Waals surface area contributed by atoms with Gasteiger partial charge in [-0.3, -0.25) is 0 Å². The molecule has 0 bridgehead atoms. The van der Waals surface area contributed by atoms with Crippen LogP contribution in [0.15, 0.2) is 12.5 Å². The Morgan fingerprint density at radius 3 is 3.00 bits per heavy atom. The van der Waals surface area contributed by atoms with Crippen molar-refractivity contribution < 1.29 is 0 Å². The van der Waals surface area contributed by atoms with E-state index in [4.69, 9.17) is 5.73 Å². The maximum atomic E-state index is 5.58. The SMILES string of the molecule is CCCc1cncn1C(C)CN. The van der Waals surface area contributed by atoms with E-state index in [1.807, 2.05) is 12.5 Å². The van der Waals surface area contributed by atoms with E-state index in [9.17, 15) is 0 Å². The number of hydrogen-bond acceptors (Lipinski definition) is 2. The highest BCUT2D eigenvalue weighted by atomic mass is 15.1. The van der Waals surface area contributed by atoms with Gasteiger partial charge in [0, 0.05) is 24.5 Å². The molecule has 0 fully saturated rings. The van der Waals surface area contributed by atoms with Crippen molar-refractivity contribution in [3.05, 3.63) is 18.2 Å². The second kappa shape index (κ2) is 4.26. The lowest BCUT2D eigenvalue weighted by atomic mass is 10.2. The van der Waals surface area contributed by atoms with Gasteiger partial charge in [0.05, 0.1) is 6.33 Å². The summed E-state index contributed by atoms with van der Waals surface area (Å²) in [6.45, 7) is 4.96. The molecule has 1 aromatic heterocycles. The Hall–Kier alpha value is -0.830. The summed E-state index contributed by atoms with van der Waals surface area (Å²) >= 11 is 0. The number of rotatable bonds is 4. The third-order valence-electron chi connectivity index (χ3n) is 2.07. The molecule has 12 heavy (non-hydrogen) atoms. The Morgan fingerprint density at radius 2 is 2.42 bits per heavy atom. The summed E-state index contributed by atoms with van der Waals surface area (Å²) < 4.78 is 2.16. The highest BCUT2D eigenvalue weighted by Crippen LogP contribution is 2.09. The van der Waals surface area contributed by atoms with Crippen molar-refractivity contribution in [2.45, 2.75) is 32.7 Å². The topological polar surface area (TPSA) is 43.8 Å². The molecule has 1 rings (SSSR count). The standard InChI is InChI=1S/C9H17N3/c1-3-4-9-6-11-7-12(9)8(2)5-10/h6-8H,3-5,10H2,1-2H3. The molecule has 3 heteroatoms. The van der Waals surface area contributed by atoms with Crippen LogP contribution in [0.5, 0.6) is 0 Å². The molecule has 0 aromatic carbocycles. The Morgan fingerprint density at radius 1 is 1.67 bits per heavy atom. The van der Waals surface area contributed by atoms with Gasteiger partial charge in [0.15, 0.2) is 0 Å². The lowest BCUT2D eigenvalue weighted by molar-refractivity contribution is 0.535. The second-order valence-corrected chi connectivity index (χ2v) is 3.13. The zero-order valence-corrected chi connectivity index (χ0v) is 7.83. The molecule has 0 aliphatic rings. The van der Waals surface area contributed by atoms with Crippen LogP contribution in [0.1, 0.15) is 32.0 Å². The summed E-state index contributed by atoms with van der Waals surface area (Å²) in [7, 11) is 0. The van der Waals surface area contributed by atoms with Gasteiger partial charge >= 0.3 is 0 Å². The molecule has 1 unspecified atom stereocenters. The molecule has 3 nitrogen and oxygen atoms in total. The molecule has 1 atom stereocenters. The van der Waals surface area contributed by atoms with Gasteiger partial charge in [-0.15, -0.1) is 0 Å². The zero-order chi connectivity index (χ0) is 8.97. The highest BCUT2D eigenvalue weighted by Gasteiger charge is 2.05. The van der Waals surface area contributed by atoms with E-state index < -0.39 is 0 Å². The first-order valence-electron chi connectivity index (χ1n) is 4.50. The fourth-order valence-corrected chi connectivity index (χ4v) is 1.29. The Balaban J connectivity index is 2.76. The molecule has 0 radical (unpaired) electrons. The van der Waals surface area contributed by atoms with Gasteiger partial charge < -0.3 is 10.3 Å². The van der Waals surface area contributed by atoms with Crippen molar-refractivity contribution in [2.24, 2.45) is 5.73 Å². The molecule has 2 N–H and O–H groups in total. The van der Waals surface area contributed by atoms with Crippen molar-refractivity contribution in [1.82, 2.24) is 9.55 Å². The zero-order valence-electron chi connectivity index (χ0n) is 7.83.